The van der Waals surface area contributed by atoms with E-state index >= 15 is 0 Å². The lowest BCUT2D eigenvalue weighted by molar-refractivity contribution is 0.102. The second-order valence-corrected chi connectivity index (χ2v) is 8.09. The van der Waals surface area contributed by atoms with Crippen LogP contribution < -0.4 is 10.1 Å². The van der Waals surface area contributed by atoms with Gasteiger partial charge in [-0.05, 0) is 35.4 Å². The van der Waals surface area contributed by atoms with E-state index < -0.39 is 0 Å². The Morgan fingerprint density at radius 2 is 1.86 bits per heavy atom. The van der Waals surface area contributed by atoms with Gasteiger partial charge in [-0.2, -0.15) is 0 Å². The quantitative estimate of drug-likeness (QED) is 0.337. The number of ether oxygens (including phenoxy) is 1. The number of hydrogen-bond acceptors (Lipinski definition) is 4. The van der Waals surface area contributed by atoms with E-state index in [4.69, 9.17) is 9.72 Å². The monoisotopic (exact) mass is 400 g/mol. The molecule has 0 radical (unpaired) electrons. The number of anilines is 1. The summed E-state index contributed by atoms with van der Waals surface area (Å²) in [5, 5.41) is 6.04. The number of benzene rings is 3. The van der Waals surface area contributed by atoms with Crippen molar-refractivity contribution in [2.24, 2.45) is 0 Å². The topological polar surface area (TPSA) is 51.2 Å². The molecule has 4 aromatic rings. The van der Waals surface area contributed by atoms with E-state index in [1.54, 1.807) is 12.1 Å². The van der Waals surface area contributed by atoms with Crippen molar-refractivity contribution in [3.8, 4) is 27.4 Å². The molecule has 1 amide bonds. The third-order valence-corrected chi connectivity index (χ3v) is 6.12. The predicted molar refractivity (Wildman–Crippen MR) is 119 cm³/mol. The predicted octanol–water partition coefficient (Wildman–Crippen LogP) is 6.37. The van der Waals surface area contributed by atoms with Crippen molar-refractivity contribution in [3.63, 3.8) is 0 Å². The number of aromatic nitrogens is 1. The number of carbonyl (C=O) groups is 1. The molecular weight excluding hydrogens is 380 g/mol. The Hall–Kier alpha value is -3.18. The van der Waals surface area contributed by atoms with Gasteiger partial charge in [-0.1, -0.05) is 67.1 Å². The third kappa shape index (κ3) is 3.17. The molecule has 0 bridgehead atoms. The smallest absolute Gasteiger partial charge is 0.257 e. The van der Waals surface area contributed by atoms with Gasteiger partial charge in [-0.15, -0.1) is 0 Å². The molecule has 3 aromatic carbocycles. The number of amides is 1. The zero-order valence-electron chi connectivity index (χ0n) is 16.1. The van der Waals surface area contributed by atoms with Gasteiger partial charge in [-0.25, -0.2) is 4.98 Å². The van der Waals surface area contributed by atoms with E-state index in [1.807, 2.05) is 12.1 Å². The van der Waals surface area contributed by atoms with Crippen LogP contribution in [0.2, 0.25) is 0 Å². The summed E-state index contributed by atoms with van der Waals surface area (Å²) in [6, 6.07) is 19.9. The zero-order valence-corrected chi connectivity index (χ0v) is 16.9. The minimum atomic E-state index is -0.176. The van der Waals surface area contributed by atoms with Gasteiger partial charge in [-0.3, -0.25) is 10.1 Å². The molecule has 0 unspecified atom stereocenters. The van der Waals surface area contributed by atoms with E-state index in [2.05, 4.69) is 48.6 Å². The summed E-state index contributed by atoms with van der Waals surface area (Å²) in [7, 11) is 0. The largest absolute Gasteiger partial charge is 0.494 e. The number of fused-ring (bicyclic) bond motifs is 3. The lowest BCUT2D eigenvalue weighted by atomic mass is 10.0. The molecule has 4 nitrogen and oxygen atoms in total. The summed E-state index contributed by atoms with van der Waals surface area (Å²) < 4.78 is 5.72. The fraction of sp³-hybridized carbons (Fsp3) is 0.167. The molecule has 5 rings (SSSR count). The first-order valence-electron chi connectivity index (χ1n) is 9.82. The first-order chi connectivity index (χ1) is 14.2. The Bertz CT molecular complexity index is 1170. The Kier molecular flexibility index (Phi) is 4.52. The van der Waals surface area contributed by atoms with Gasteiger partial charge in [0, 0.05) is 16.7 Å². The van der Waals surface area contributed by atoms with Gasteiger partial charge in [0.1, 0.15) is 5.75 Å². The number of carbonyl (C=O) groups excluding carboxylic acids is 1. The normalized spacial score (nSPS) is 11.5. The van der Waals surface area contributed by atoms with Crippen LogP contribution in [0.5, 0.6) is 5.75 Å². The molecule has 1 heterocycles. The highest BCUT2D eigenvalue weighted by atomic mass is 32.1. The second kappa shape index (κ2) is 7.33. The maximum absolute atomic E-state index is 12.8. The Morgan fingerprint density at radius 3 is 2.69 bits per heavy atom. The number of rotatable bonds is 6. The van der Waals surface area contributed by atoms with Gasteiger partial charge in [0.25, 0.3) is 5.91 Å². The van der Waals surface area contributed by atoms with E-state index in [0.29, 0.717) is 23.1 Å². The molecule has 144 valence electrons. The van der Waals surface area contributed by atoms with Crippen LogP contribution in [0.1, 0.15) is 30.1 Å². The number of nitrogens with zero attached hydrogens (tertiary/aromatic N) is 1. The van der Waals surface area contributed by atoms with Gasteiger partial charge >= 0.3 is 0 Å². The fourth-order valence-electron chi connectivity index (χ4n) is 3.70. The second-order valence-electron chi connectivity index (χ2n) is 7.09. The van der Waals surface area contributed by atoms with Gasteiger partial charge < -0.3 is 4.74 Å². The average Bonchev–Trinajstić information content (AvgIpc) is 3.28. The highest BCUT2D eigenvalue weighted by Crippen LogP contribution is 2.50. The minimum absolute atomic E-state index is 0.176. The van der Waals surface area contributed by atoms with Crippen molar-refractivity contribution < 1.29 is 9.53 Å². The first kappa shape index (κ1) is 17.9. The molecule has 0 saturated heterocycles. The van der Waals surface area contributed by atoms with Crippen molar-refractivity contribution in [3.05, 3.63) is 66.2 Å². The summed E-state index contributed by atoms with van der Waals surface area (Å²) in [5.74, 6) is 0.540. The lowest BCUT2D eigenvalue weighted by Gasteiger charge is -2.07. The molecule has 0 fully saturated rings. The van der Waals surface area contributed by atoms with Crippen molar-refractivity contribution in [1.82, 2.24) is 4.98 Å². The summed E-state index contributed by atoms with van der Waals surface area (Å²) in [6.45, 7) is 2.78. The molecule has 0 spiro atoms. The Balaban J connectivity index is 1.39. The molecule has 5 heteroatoms. The van der Waals surface area contributed by atoms with E-state index in [9.17, 15) is 4.79 Å². The zero-order chi connectivity index (χ0) is 19.8. The van der Waals surface area contributed by atoms with Crippen molar-refractivity contribution in [1.29, 1.82) is 0 Å². The fourth-order valence-corrected chi connectivity index (χ4v) is 4.70. The van der Waals surface area contributed by atoms with Crippen LogP contribution in [-0.2, 0) is 0 Å². The number of nitrogens with one attached hydrogen (secondary N) is 1. The molecule has 1 aliphatic rings. The molecule has 0 atom stereocenters. The summed E-state index contributed by atoms with van der Waals surface area (Å²) in [5.41, 5.74) is 3.85. The summed E-state index contributed by atoms with van der Waals surface area (Å²) >= 11 is 1.52. The SMILES string of the molecule is CCCCOc1cccc(C(=O)Nc2nc3c(s2)-c2cccc4cccc-3c24)c1. The summed E-state index contributed by atoms with van der Waals surface area (Å²) in [4.78, 5) is 18.6. The number of unbranched alkanes of at least 4 members (excludes halogenated alkanes) is 1. The molecule has 0 saturated carbocycles. The molecule has 0 aliphatic heterocycles. The first-order valence-corrected chi connectivity index (χ1v) is 10.6. The molecule has 1 aromatic heterocycles. The lowest BCUT2D eigenvalue weighted by Crippen LogP contribution is -2.12. The van der Waals surface area contributed by atoms with Crippen molar-refractivity contribution in [2.75, 3.05) is 11.9 Å². The van der Waals surface area contributed by atoms with E-state index in [1.165, 1.54) is 27.7 Å². The molecular formula is C24H20N2O2S. The maximum atomic E-state index is 12.8. The van der Waals surface area contributed by atoms with Crippen LogP contribution in [0.4, 0.5) is 5.13 Å². The Morgan fingerprint density at radius 1 is 1.07 bits per heavy atom. The highest BCUT2D eigenvalue weighted by molar-refractivity contribution is 7.20. The van der Waals surface area contributed by atoms with Crippen LogP contribution in [0.3, 0.4) is 0 Å². The third-order valence-electron chi connectivity index (χ3n) is 5.11. The van der Waals surface area contributed by atoms with Gasteiger partial charge in [0.15, 0.2) is 5.13 Å². The Labute approximate surface area is 173 Å². The van der Waals surface area contributed by atoms with Crippen molar-refractivity contribution >= 4 is 33.1 Å². The van der Waals surface area contributed by atoms with Crippen LogP contribution in [-0.4, -0.2) is 17.5 Å². The molecule has 1 N–H and O–H groups in total. The summed E-state index contributed by atoms with van der Waals surface area (Å²) in [6.07, 6.45) is 2.07. The highest BCUT2D eigenvalue weighted by Gasteiger charge is 2.26. The van der Waals surface area contributed by atoms with E-state index in [-0.39, 0.29) is 5.91 Å². The van der Waals surface area contributed by atoms with Crippen LogP contribution >= 0.6 is 11.3 Å². The number of thiazole rings is 1. The maximum Gasteiger partial charge on any atom is 0.257 e. The minimum Gasteiger partial charge on any atom is -0.494 e. The van der Waals surface area contributed by atoms with Gasteiger partial charge in [0.2, 0.25) is 0 Å². The average molecular weight is 401 g/mol. The molecule has 29 heavy (non-hydrogen) atoms. The van der Waals surface area contributed by atoms with E-state index in [0.717, 1.165) is 29.0 Å². The van der Waals surface area contributed by atoms with Gasteiger partial charge in [0.05, 0.1) is 17.2 Å². The van der Waals surface area contributed by atoms with Crippen LogP contribution in [0.15, 0.2) is 60.7 Å². The standard InChI is InChI=1S/C24H20N2O2S/c1-2-3-13-28-17-10-4-9-16(14-17)23(27)26-24-25-21-18-11-5-7-15-8-6-12-19(20(15)18)22(21)29-24/h4-12,14H,2-3,13H2,1H3,(H,25,26,27). The molecule has 1 aliphatic carbocycles. The van der Waals surface area contributed by atoms with Crippen LogP contribution in [0, 0.1) is 0 Å². The number of hydrogen-bond donors (Lipinski definition) is 1. The van der Waals surface area contributed by atoms with Crippen molar-refractivity contribution in [2.45, 2.75) is 19.8 Å². The van der Waals surface area contributed by atoms with Crippen LogP contribution in [0.25, 0.3) is 32.5 Å².